The maximum atomic E-state index is 12.7. The predicted molar refractivity (Wildman–Crippen MR) is 100 cm³/mol. The van der Waals surface area contributed by atoms with Gasteiger partial charge in [-0.3, -0.25) is 4.98 Å². The first-order valence-corrected chi connectivity index (χ1v) is 9.26. The minimum atomic E-state index is -1.32. The number of hydrogen-bond donors (Lipinski definition) is 1. The molecule has 0 spiro atoms. The van der Waals surface area contributed by atoms with Gasteiger partial charge in [0.25, 0.3) is 0 Å². The highest BCUT2D eigenvalue weighted by Gasteiger charge is 2.33. The van der Waals surface area contributed by atoms with E-state index in [-0.39, 0.29) is 0 Å². The number of nitrogens with zero attached hydrogens (tertiary/aromatic N) is 1. The Labute approximate surface area is 155 Å². The number of rotatable bonds is 5. The molecule has 2 atom stereocenters. The lowest BCUT2D eigenvalue weighted by Gasteiger charge is -2.29. The van der Waals surface area contributed by atoms with Crippen molar-refractivity contribution in [3.8, 4) is 5.75 Å². The van der Waals surface area contributed by atoms with Crippen LogP contribution in [0.15, 0.2) is 36.7 Å². The molecule has 1 N–H and O–H groups in total. The van der Waals surface area contributed by atoms with Gasteiger partial charge in [0, 0.05) is 29.3 Å². The normalized spacial score (nSPS) is 14.3. The molecule has 1 aromatic carbocycles. The fourth-order valence-corrected chi connectivity index (χ4v) is 3.38. The van der Waals surface area contributed by atoms with E-state index >= 15 is 0 Å². The molecule has 130 valence electrons. The Kier molecular flexibility index (Phi) is 6.39. The van der Waals surface area contributed by atoms with Crippen molar-refractivity contribution >= 4 is 34.6 Å². The molecule has 1 aromatic heterocycles. The van der Waals surface area contributed by atoms with E-state index in [2.05, 4.69) is 9.71 Å². The summed E-state index contributed by atoms with van der Waals surface area (Å²) in [7, 11) is 1.56. The highest BCUT2D eigenvalue weighted by molar-refractivity contribution is 7.90. The molecule has 2 aromatic rings. The molecule has 4 nitrogen and oxygen atoms in total. The van der Waals surface area contributed by atoms with Crippen LogP contribution in [-0.2, 0) is 11.4 Å². The van der Waals surface area contributed by atoms with Crippen molar-refractivity contribution in [1.29, 1.82) is 0 Å². The van der Waals surface area contributed by atoms with Crippen LogP contribution in [0.4, 0.5) is 0 Å². The van der Waals surface area contributed by atoms with Gasteiger partial charge in [-0.05, 0) is 50.6 Å². The largest absolute Gasteiger partial charge is 0.598 e. The molecule has 0 radical (unpaired) electrons. The number of aromatic nitrogens is 1. The second-order valence-electron chi connectivity index (χ2n) is 6.19. The molecule has 0 aliphatic carbocycles. The van der Waals surface area contributed by atoms with Crippen molar-refractivity contribution < 1.29 is 9.29 Å². The summed E-state index contributed by atoms with van der Waals surface area (Å²) in [4.78, 5) is 4.04. The molecular formula is C17H20Cl2N2O2S. The Bertz CT molecular complexity index is 693. The molecule has 2 unspecified atom stereocenters. The third-order valence-electron chi connectivity index (χ3n) is 3.42. The predicted octanol–water partition coefficient (Wildman–Crippen LogP) is 4.54. The number of methoxy groups -OCH3 is 1. The number of benzene rings is 1. The zero-order valence-corrected chi connectivity index (χ0v) is 16.3. The van der Waals surface area contributed by atoms with Gasteiger partial charge in [0.1, 0.15) is 16.5 Å². The molecule has 0 saturated heterocycles. The average Bonchev–Trinajstić information content (AvgIpc) is 2.55. The molecule has 0 bridgehead atoms. The summed E-state index contributed by atoms with van der Waals surface area (Å²) in [6.45, 7) is 5.70. The van der Waals surface area contributed by atoms with E-state index in [1.165, 1.54) is 0 Å². The van der Waals surface area contributed by atoms with Crippen LogP contribution in [0.25, 0.3) is 0 Å². The monoisotopic (exact) mass is 386 g/mol. The van der Waals surface area contributed by atoms with Gasteiger partial charge in [0.2, 0.25) is 0 Å². The quantitative estimate of drug-likeness (QED) is 0.766. The minimum Gasteiger partial charge on any atom is -0.598 e. The summed E-state index contributed by atoms with van der Waals surface area (Å²) >= 11 is 11.3. The molecule has 7 heteroatoms. The first kappa shape index (κ1) is 19.3. The zero-order chi connectivity index (χ0) is 17.9. The first-order chi connectivity index (χ1) is 11.3. The Morgan fingerprint density at radius 2 is 1.79 bits per heavy atom. The van der Waals surface area contributed by atoms with Crippen LogP contribution in [0.3, 0.4) is 0 Å². The zero-order valence-electron chi connectivity index (χ0n) is 14.0. The lowest BCUT2D eigenvalue weighted by molar-refractivity contribution is 0.406. The van der Waals surface area contributed by atoms with Crippen LogP contribution in [-0.4, -0.2) is 21.4 Å². The van der Waals surface area contributed by atoms with Crippen molar-refractivity contribution in [2.24, 2.45) is 0 Å². The topological polar surface area (TPSA) is 57.2 Å². The van der Waals surface area contributed by atoms with Gasteiger partial charge >= 0.3 is 0 Å². The Balaban J connectivity index is 2.57. The molecule has 0 aliphatic heterocycles. The fraction of sp³-hybridized carbons (Fsp3) is 0.353. The summed E-state index contributed by atoms with van der Waals surface area (Å²) in [6, 6.07) is 6.66. The van der Waals surface area contributed by atoms with E-state index in [0.717, 1.165) is 5.56 Å². The van der Waals surface area contributed by atoms with E-state index in [9.17, 15) is 4.55 Å². The molecule has 0 aliphatic rings. The van der Waals surface area contributed by atoms with Crippen molar-refractivity contribution in [2.75, 3.05) is 7.11 Å². The van der Waals surface area contributed by atoms with Crippen LogP contribution in [0.1, 0.15) is 37.9 Å². The molecule has 1 heterocycles. The van der Waals surface area contributed by atoms with Gasteiger partial charge in [-0.25, -0.2) is 0 Å². The van der Waals surface area contributed by atoms with Crippen LogP contribution in [0, 0.1) is 0 Å². The molecular weight excluding hydrogens is 367 g/mol. The maximum absolute atomic E-state index is 12.7. The standard InChI is InChI=1S/C17H20Cl2N2O2S/c1-17(2,3)24(22)21-16(11-7-9-20-10-8-11)14-13(23-4)6-5-12(18)15(14)19/h5-10,16,21H,1-4H3. The van der Waals surface area contributed by atoms with Crippen LogP contribution < -0.4 is 9.46 Å². The number of halogens is 2. The molecule has 2 rings (SSSR count). The van der Waals surface area contributed by atoms with Gasteiger partial charge in [-0.2, -0.15) is 0 Å². The van der Waals surface area contributed by atoms with Gasteiger partial charge in [-0.1, -0.05) is 23.2 Å². The number of hydrogen-bond acceptors (Lipinski definition) is 4. The van der Waals surface area contributed by atoms with E-state index in [4.69, 9.17) is 27.9 Å². The highest BCUT2D eigenvalue weighted by Crippen LogP contribution is 2.40. The second-order valence-corrected chi connectivity index (χ2v) is 8.97. The number of ether oxygens (including phenoxy) is 1. The van der Waals surface area contributed by atoms with Crippen LogP contribution in [0.2, 0.25) is 10.0 Å². The van der Waals surface area contributed by atoms with Crippen LogP contribution >= 0.6 is 23.2 Å². The maximum Gasteiger partial charge on any atom is 0.136 e. The van der Waals surface area contributed by atoms with Gasteiger partial charge in [0.15, 0.2) is 0 Å². The summed E-state index contributed by atoms with van der Waals surface area (Å²) < 4.78 is 20.9. The Morgan fingerprint density at radius 1 is 1.17 bits per heavy atom. The Morgan fingerprint density at radius 3 is 2.33 bits per heavy atom. The van der Waals surface area contributed by atoms with Gasteiger partial charge in [-0.15, -0.1) is 4.72 Å². The van der Waals surface area contributed by atoms with E-state index in [0.29, 0.717) is 21.4 Å². The summed E-state index contributed by atoms with van der Waals surface area (Å²) in [6.07, 6.45) is 3.35. The van der Waals surface area contributed by atoms with Gasteiger partial charge < -0.3 is 9.29 Å². The van der Waals surface area contributed by atoms with E-state index < -0.39 is 22.2 Å². The highest BCUT2D eigenvalue weighted by atomic mass is 35.5. The summed E-state index contributed by atoms with van der Waals surface area (Å²) in [5, 5.41) is 0.783. The fourth-order valence-electron chi connectivity index (χ4n) is 2.13. The lowest BCUT2D eigenvalue weighted by Crippen LogP contribution is -2.41. The number of nitrogens with one attached hydrogen (secondary N) is 1. The molecule has 0 fully saturated rings. The first-order valence-electron chi connectivity index (χ1n) is 7.35. The third kappa shape index (κ3) is 4.35. The van der Waals surface area contributed by atoms with Crippen molar-refractivity contribution in [3.05, 3.63) is 57.8 Å². The van der Waals surface area contributed by atoms with Crippen molar-refractivity contribution in [3.63, 3.8) is 0 Å². The van der Waals surface area contributed by atoms with Crippen LogP contribution in [0.5, 0.6) is 5.75 Å². The summed E-state index contributed by atoms with van der Waals surface area (Å²) in [5.74, 6) is 0.574. The Hall–Kier alpha value is -0.980. The SMILES string of the molecule is COc1ccc(Cl)c(Cl)c1C(N[S+]([O-])C(C)(C)C)c1ccncc1. The number of pyridine rings is 1. The average molecular weight is 387 g/mol. The second kappa shape index (κ2) is 7.93. The van der Waals surface area contributed by atoms with Crippen molar-refractivity contribution in [1.82, 2.24) is 9.71 Å². The molecule has 24 heavy (non-hydrogen) atoms. The summed E-state index contributed by atoms with van der Waals surface area (Å²) in [5.41, 5.74) is 1.51. The van der Waals surface area contributed by atoms with E-state index in [1.54, 1.807) is 31.6 Å². The molecule has 0 saturated carbocycles. The van der Waals surface area contributed by atoms with E-state index in [1.807, 2.05) is 32.9 Å². The van der Waals surface area contributed by atoms with Crippen molar-refractivity contribution in [2.45, 2.75) is 31.6 Å². The smallest absolute Gasteiger partial charge is 0.136 e. The third-order valence-corrected chi connectivity index (χ3v) is 5.80. The minimum absolute atomic E-state index is 0.372. The lowest BCUT2D eigenvalue weighted by atomic mass is 9.99. The van der Waals surface area contributed by atoms with Gasteiger partial charge in [0.05, 0.1) is 17.2 Å². The molecule has 0 amide bonds.